The van der Waals surface area contributed by atoms with Crippen LogP contribution in [0, 0.1) is 6.57 Å². The topological polar surface area (TPSA) is 103 Å². The number of nitrogens with zero attached hydrogens (tertiary/aromatic N) is 8. The van der Waals surface area contributed by atoms with Gasteiger partial charge in [-0.15, -0.1) is 5.10 Å². The largest absolute Gasteiger partial charge is 0.508 e. The van der Waals surface area contributed by atoms with E-state index in [1.165, 1.54) is 11.0 Å². The van der Waals surface area contributed by atoms with Crippen LogP contribution in [0.3, 0.4) is 0 Å². The maximum Gasteiger partial charge on any atom is 0.228 e. The van der Waals surface area contributed by atoms with Crippen LogP contribution < -0.4 is 4.74 Å². The average molecular weight is 460 g/mol. The van der Waals surface area contributed by atoms with Crippen molar-refractivity contribution in [2.75, 3.05) is 39.9 Å². The van der Waals surface area contributed by atoms with Crippen molar-refractivity contribution in [1.82, 2.24) is 35.0 Å². The fourth-order valence-electron chi connectivity index (χ4n) is 4.41. The quantitative estimate of drug-likeness (QED) is 0.527. The van der Waals surface area contributed by atoms with E-state index in [1.54, 1.807) is 25.4 Å². The van der Waals surface area contributed by atoms with E-state index in [9.17, 15) is 4.79 Å². The number of methoxy groups -OCH3 is 1. The molecule has 0 unspecified atom stereocenters. The van der Waals surface area contributed by atoms with Crippen LogP contribution in [0.15, 0.2) is 42.9 Å². The molecule has 2 atom stereocenters. The third-order valence-corrected chi connectivity index (χ3v) is 6.29. The Hall–Kier alpha value is -3.88. The molecular weight excluding hydrogens is 436 g/mol. The van der Waals surface area contributed by atoms with E-state index in [4.69, 9.17) is 16.0 Å². The minimum atomic E-state index is -0.0861. The molecule has 11 nitrogen and oxygen atoms in total. The van der Waals surface area contributed by atoms with Gasteiger partial charge in [0.1, 0.15) is 12.1 Å². The van der Waals surface area contributed by atoms with Crippen LogP contribution in [0.4, 0.5) is 5.69 Å². The maximum absolute atomic E-state index is 12.9. The van der Waals surface area contributed by atoms with E-state index < -0.39 is 0 Å². The first-order valence-corrected chi connectivity index (χ1v) is 11.0. The Labute approximate surface area is 196 Å². The molecule has 1 aromatic carbocycles. The molecule has 174 valence electrons. The summed E-state index contributed by atoms with van der Waals surface area (Å²) >= 11 is 0. The Bertz CT molecular complexity index is 1190. The third kappa shape index (κ3) is 4.46. The highest BCUT2D eigenvalue weighted by molar-refractivity contribution is 5.79. The van der Waals surface area contributed by atoms with Crippen molar-refractivity contribution in [2.24, 2.45) is 0 Å². The van der Waals surface area contributed by atoms with Gasteiger partial charge in [0.2, 0.25) is 11.6 Å². The summed E-state index contributed by atoms with van der Waals surface area (Å²) in [5.41, 5.74) is 2.34. The van der Waals surface area contributed by atoms with E-state index in [2.05, 4.69) is 30.3 Å². The lowest BCUT2D eigenvalue weighted by Crippen LogP contribution is -2.59. The second-order valence-electron chi connectivity index (χ2n) is 8.31. The molecule has 0 radical (unpaired) electrons. The molecule has 1 amide bonds. The Morgan fingerprint density at radius 2 is 2.18 bits per heavy atom. The fourth-order valence-corrected chi connectivity index (χ4v) is 4.41. The van der Waals surface area contributed by atoms with Gasteiger partial charge in [0.25, 0.3) is 0 Å². The number of ether oxygens (including phenoxy) is 2. The maximum atomic E-state index is 12.9. The van der Waals surface area contributed by atoms with Crippen LogP contribution in [0.5, 0.6) is 5.75 Å². The number of rotatable bonds is 5. The molecule has 2 aliphatic heterocycles. The highest BCUT2D eigenvalue weighted by Gasteiger charge is 2.35. The minimum absolute atomic E-state index is 0.0817. The zero-order valence-corrected chi connectivity index (χ0v) is 18.7. The van der Waals surface area contributed by atoms with E-state index in [-0.39, 0.29) is 18.1 Å². The van der Waals surface area contributed by atoms with Crippen molar-refractivity contribution in [1.29, 1.82) is 0 Å². The smallest absolute Gasteiger partial charge is 0.228 e. The third-order valence-electron chi connectivity index (χ3n) is 6.29. The number of benzene rings is 1. The molecule has 4 heterocycles. The van der Waals surface area contributed by atoms with Gasteiger partial charge in [-0.25, -0.2) is 9.83 Å². The standard InChI is InChI=1S/C23H24N8O3/c1-24-19-5-4-17(10-20(19)33-2)21-13-29-7-8-30(12-18(29)14-34-21)23(32)9-16-3-6-22(25-11-16)31-15-26-27-28-31/h3-6,10-11,15,18,21H,7-9,12-14H2,2H3/t18-,21-/m1/s1. The summed E-state index contributed by atoms with van der Waals surface area (Å²) in [6.45, 7) is 10.7. The van der Waals surface area contributed by atoms with Crippen LogP contribution in [0.2, 0.25) is 0 Å². The van der Waals surface area contributed by atoms with E-state index in [0.717, 1.165) is 24.2 Å². The van der Waals surface area contributed by atoms with Crippen molar-refractivity contribution >= 4 is 11.6 Å². The number of pyridine rings is 1. The molecule has 34 heavy (non-hydrogen) atoms. The van der Waals surface area contributed by atoms with Crippen molar-refractivity contribution in [2.45, 2.75) is 18.6 Å². The molecule has 0 spiro atoms. The van der Waals surface area contributed by atoms with Gasteiger partial charge in [0.05, 0.1) is 38.9 Å². The monoisotopic (exact) mass is 460 g/mol. The van der Waals surface area contributed by atoms with Crippen molar-refractivity contribution in [3.8, 4) is 11.6 Å². The number of fused-ring (bicyclic) bond motifs is 1. The lowest BCUT2D eigenvalue weighted by atomic mass is 10.0. The fraction of sp³-hybridized carbons (Fsp3) is 0.391. The summed E-state index contributed by atoms with van der Waals surface area (Å²) in [7, 11) is 1.57. The van der Waals surface area contributed by atoms with Crippen LogP contribution in [-0.2, 0) is 16.0 Å². The lowest BCUT2D eigenvalue weighted by molar-refractivity contribution is -0.139. The summed E-state index contributed by atoms with van der Waals surface area (Å²) in [4.78, 5) is 25.1. The van der Waals surface area contributed by atoms with Gasteiger partial charge in [0, 0.05) is 32.4 Å². The first-order valence-electron chi connectivity index (χ1n) is 11.0. The molecule has 2 aromatic heterocycles. The summed E-state index contributed by atoms with van der Waals surface area (Å²) < 4.78 is 13.0. The molecule has 2 aliphatic rings. The number of carbonyl (C=O) groups excluding carboxylic acids is 1. The number of amides is 1. The van der Waals surface area contributed by atoms with Gasteiger partial charge in [-0.1, -0.05) is 18.2 Å². The van der Waals surface area contributed by atoms with Crippen molar-refractivity contribution < 1.29 is 14.3 Å². The number of hydrogen-bond acceptors (Lipinski definition) is 8. The van der Waals surface area contributed by atoms with Crippen LogP contribution in [0.1, 0.15) is 17.2 Å². The van der Waals surface area contributed by atoms with Crippen LogP contribution >= 0.6 is 0 Å². The summed E-state index contributed by atoms with van der Waals surface area (Å²) in [5.74, 6) is 1.25. The first-order chi connectivity index (χ1) is 16.6. The predicted octanol–water partition coefficient (Wildman–Crippen LogP) is 1.44. The first kappa shape index (κ1) is 21.9. The number of tetrazole rings is 1. The predicted molar refractivity (Wildman–Crippen MR) is 121 cm³/mol. The number of morpholine rings is 1. The lowest BCUT2D eigenvalue weighted by Gasteiger charge is -2.46. The van der Waals surface area contributed by atoms with Gasteiger partial charge >= 0.3 is 0 Å². The minimum Gasteiger partial charge on any atom is -0.508 e. The molecule has 11 heteroatoms. The average Bonchev–Trinajstić information content (AvgIpc) is 3.43. The zero-order valence-electron chi connectivity index (χ0n) is 18.7. The highest BCUT2D eigenvalue weighted by atomic mass is 16.5. The SMILES string of the molecule is [C-]#[N+]c1ccc([C@H]2CN3CCN(C(=O)Cc4ccc(-n5cnnn5)nc4)C[C@@H]3CO2)cc1OC. The van der Waals surface area contributed by atoms with Gasteiger partial charge in [-0.05, 0) is 33.7 Å². The number of aromatic nitrogens is 5. The van der Waals surface area contributed by atoms with Gasteiger partial charge in [-0.2, -0.15) is 4.68 Å². The second kappa shape index (κ2) is 9.54. The van der Waals surface area contributed by atoms with Crippen molar-refractivity contribution in [3.05, 3.63) is 65.4 Å². The Balaban J connectivity index is 1.17. The molecule has 0 N–H and O–H groups in total. The second-order valence-corrected chi connectivity index (χ2v) is 8.31. The molecular formula is C23H24N8O3. The van der Waals surface area contributed by atoms with Gasteiger partial charge < -0.3 is 14.4 Å². The Morgan fingerprint density at radius 1 is 1.26 bits per heavy atom. The van der Waals surface area contributed by atoms with Crippen LogP contribution in [0.25, 0.3) is 10.7 Å². The molecule has 5 rings (SSSR count). The number of carbonyl (C=O) groups is 1. The van der Waals surface area contributed by atoms with E-state index >= 15 is 0 Å². The zero-order chi connectivity index (χ0) is 23.5. The normalized spacial score (nSPS) is 20.4. The van der Waals surface area contributed by atoms with E-state index in [1.807, 2.05) is 23.1 Å². The summed E-state index contributed by atoms with van der Waals surface area (Å²) in [5, 5.41) is 11.0. The number of piperazine rings is 1. The Morgan fingerprint density at radius 3 is 2.91 bits per heavy atom. The van der Waals surface area contributed by atoms with E-state index in [0.29, 0.717) is 43.4 Å². The van der Waals surface area contributed by atoms with Gasteiger partial charge in [-0.3, -0.25) is 9.69 Å². The molecule has 0 aliphatic carbocycles. The Kier molecular flexibility index (Phi) is 6.16. The molecule has 0 saturated carbocycles. The summed E-state index contributed by atoms with van der Waals surface area (Å²) in [6.07, 6.45) is 3.37. The molecule has 0 bridgehead atoms. The van der Waals surface area contributed by atoms with Gasteiger partial charge in [0.15, 0.2) is 5.82 Å². The molecule has 2 fully saturated rings. The van der Waals surface area contributed by atoms with Crippen LogP contribution in [-0.4, -0.2) is 86.8 Å². The van der Waals surface area contributed by atoms with Crippen molar-refractivity contribution in [3.63, 3.8) is 0 Å². The summed E-state index contributed by atoms with van der Waals surface area (Å²) in [6, 6.07) is 9.43. The molecule has 2 saturated heterocycles. The number of hydrogen-bond donors (Lipinski definition) is 0. The highest BCUT2D eigenvalue weighted by Crippen LogP contribution is 2.34. The molecule has 3 aromatic rings.